The summed E-state index contributed by atoms with van der Waals surface area (Å²) in [5.74, 6) is -0.287. The first-order valence-electron chi connectivity index (χ1n) is 6.66. The second-order valence-corrected chi connectivity index (χ2v) is 4.66. The molecular formula is C17H14N2O2. The third-order valence-electron chi connectivity index (χ3n) is 3.37. The monoisotopic (exact) mass is 278 g/mol. The summed E-state index contributed by atoms with van der Waals surface area (Å²) in [6.45, 7) is 0. The molecule has 104 valence electrons. The van der Waals surface area contributed by atoms with Gasteiger partial charge in [0.05, 0.1) is 24.7 Å². The van der Waals surface area contributed by atoms with E-state index in [1.165, 1.54) is 7.11 Å². The number of ether oxygens (including phenoxy) is 1. The number of methoxy groups -OCH3 is 1. The lowest BCUT2D eigenvalue weighted by atomic mass is 9.99. The van der Waals surface area contributed by atoms with E-state index in [1.54, 1.807) is 0 Å². The van der Waals surface area contributed by atoms with Crippen molar-refractivity contribution >= 4 is 16.9 Å². The third-order valence-corrected chi connectivity index (χ3v) is 3.37. The van der Waals surface area contributed by atoms with Crippen LogP contribution >= 0.6 is 0 Å². The van der Waals surface area contributed by atoms with Crippen LogP contribution in [0.5, 0.6) is 0 Å². The molecule has 4 heteroatoms. The molecule has 0 unspecified atom stereocenters. The number of benzene rings is 2. The summed E-state index contributed by atoms with van der Waals surface area (Å²) in [5, 5.41) is 9.48. The second-order valence-electron chi connectivity index (χ2n) is 4.66. The molecule has 0 amide bonds. The molecule has 1 aromatic heterocycles. The normalized spacial score (nSPS) is 10.5. The van der Waals surface area contributed by atoms with Crippen molar-refractivity contribution in [2.45, 2.75) is 6.42 Å². The molecule has 0 aliphatic rings. The van der Waals surface area contributed by atoms with E-state index in [9.17, 15) is 4.79 Å². The van der Waals surface area contributed by atoms with Crippen LogP contribution in [0.3, 0.4) is 0 Å². The van der Waals surface area contributed by atoms with Crippen LogP contribution in [-0.4, -0.2) is 23.3 Å². The molecule has 3 aromatic rings. The predicted molar refractivity (Wildman–Crippen MR) is 80.7 cm³/mol. The van der Waals surface area contributed by atoms with Crippen LogP contribution in [0.1, 0.15) is 5.56 Å². The Hall–Kier alpha value is -2.75. The Morgan fingerprint density at radius 2 is 1.71 bits per heavy atom. The number of rotatable bonds is 3. The van der Waals surface area contributed by atoms with Crippen molar-refractivity contribution in [3.63, 3.8) is 0 Å². The van der Waals surface area contributed by atoms with Gasteiger partial charge in [0.25, 0.3) is 0 Å². The van der Waals surface area contributed by atoms with Crippen LogP contribution in [0.2, 0.25) is 0 Å². The Morgan fingerprint density at radius 1 is 1.00 bits per heavy atom. The Morgan fingerprint density at radius 3 is 2.48 bits per heavy atom. The summed E-state index contributed by atoms with van der Waals surface area (Å²) < 4.78 is 4.81. The van der Waals surface area contributed by atoms with E-state index in [0.717, 1.165) is 27.7 Å². The minimum atomic E-state index is -0.287. The Kier molecular flexibility index (Phi) is 3.60. The van der Waals surface area contributed by atoms with Gasteiger partial charge in [-0.2, -0.15) is 0 Å². The van der Waals surface area contributed by atoms with E-state index in [0.29, 0.717) is 0 Å². The van der Waals surface area contributed by atoms with Crippen molar-refractivity contribution in [1.29, 1.82) is 0 Å². The zero-order chi connectivity index (χ0) is 14.7. The average molecular weight is 278 g/mol. The lowest BCUT2D eigenvalue weighted by molar-refractivity contribution is -0.139. The molecular weight excluding hydrogens is 264 g/mol. The zero-order valence-electron chi connectivity index (χ0n) is 11.6. The van der Waals surface area contributed by atoms with Crippen LogP contribution in [0.25, 0.3) is 22.2 Å². The van der Waals surface area contributed by atoms with Gasteiger partial charge in [0, 0.05) is 16.5 Å². The van der Waals surface area contributed by atoms with Gasteiger partial charge in [-0.15, -0.1) is 10.2 Å². The fraction of sp³-hybridized carbons (Fsp3) is 0.118. The lowest BCUT2D eigenvalue weighted by Gasteiger charge is -2.10. The number of carbonyl (C=O) groups is 1. The molecule has 0 aliphatic heterocycles. The maximum absolute atomic E-state index is 11.7. The molecule has 3 rings (SSSR count). The van der Waals surface area contributed by atoms with E-state index < -0.39 is 0 Å². The number of carbonyl (C=O) groups excluding carboxylic acids is 1. The highest BCUT2D eigenvalue weighted by Crippen LogP contribution is 2.27. The fourth-order valence-corrected chi connectivity index (χ4v) is 2.33. The van der Waals surface area contributed by atoms with Gasteiger partial charge in [0.15, 0.2) is 0 Å². The zero-order valence-corrected chi connectivity index (χ0v) is 11.6. The van der Waals surface area contributed by atoms with Gasteiger partial charge in [-0.3, -0.25) is 4.79 Å². The van der Waals surface area contributed by atoms with Crippen molar-refractivity contribution in [2.75, 3.05) is 7.11 Å². The highest BCUT2D eigenvalue weighted by atomic mass is 16.5. The molecule has 0 fully saturated rings. The van der Waals surface area contributed by atoms with E-state index >= 15 is 0 Å². The molecule has 0 radical (unpaired) electrons. The smallest absolute Gasteiger partial charge is 0.310 e. The Labute approximate surface area is 122 Å². The minimum Gasteiger partial charge on any atom is -0.469 e. The van der Waals surface area contributed by atoms with E-state index in [1.807, 2.05) is 54.6 Å². The standard InChI is InChI=1S/C17H14N2O2/c1-21-16(20)11-14-13-9-5-6-10-15(13)18-19-17(14)12-7-3-2-4-8-12/h2-10H,11H2,1H3. The van der Waals surface area contributed by atoms with Gasteiger partial charge >= 0.3 is 5.97 Å². The molecule has 2 aromatic carbocycles. The summed E-state index contributed by atoms with van der Waals surface area (Å²) in [4.78, 5) is 11.7. The summed E-state index contributed by atoms with van der Waals surface area (Å²) >= 11 is 0. The van der Waals surface area contributed by atoms with E-state index in [4.69, 9.17) is 4.74 Å². The summed E-state index contributed by atoms with van der Waals surface area (Å²) in [6.07, 6.45) is 0.177. The minimum absolute atomic E-state index is 0.177. The van der Waals surface area contributed by atoms with Crippen molar-refractivity contribution < 1.29 is 9.53 Å². The number of hydrogen-bond donors (Lipinski definition) is 0. The first-order chi connectivity index (χ1) is 10.3. The quantitative estimate of drug-likeness (QED) is 0.691. The topological polar surface area (TPSA) is 52.1 Å². The van der Waals surface area contributed by atoms with E-state index in [-0.39, 0.29) is 12.4 Å². The van der Waals surface area contributed by atoms with Crippen LogP contribution in [0, 0.1) is 0 Å². The molecule has 4 nitrogen and oxygen atoms in total. The van der Waals surface area contributed by atoms with E-state index in [2.05, 4.69) is 10.2 Å². The Balaban J connectivity index is 2.24. The van der Waals surface area contributed by atoms with Crippen molar-refractivity contribution in [2.24, 2.45) is 0 Å². The number of nitrogens with zero attached hydrogens (tertiary/aromatic N) is 2. The Bertz CT molecular complexity index is 785. The summed E-state index contributed by atoms with van der Waals surface area (Å²) in [5.41, 5.74) is 3.28. The van der Waals surface area contributed by atoms with Crippen molar-refractivity contribution in [3.05, 3.63) is 60.2 Å². The molecule has 0 saturated carbocycles. The summed E-state index contributed by atoms with van der Waals surface area (Å²) in [6, 6.07) is 17.4. The fourth-order valence-electron chi connectivity index (χ4n) is 2.33. The van der Waals surface area contributed by atoms with Gasteiger partial charge in [0.1, 0.15) is 0 Å². The van der Waals surface area contributed by atoms with Crippen molar-refractivity contribution in [1.82, 2.24) is 10.2 Å². The van der Waals surface area contributed by atoms with Gasteiger partial charge in [-0.25, -0.2) is 0 Å². The highest BCUT2D eigenvalue weighted by molar-refractivity contribution is 5.90. The molecule has 0 atom stereocenters. The average Bonchev–Trinajstić information content (AvgIpc) is 2.56. The van der Waals surface area contributed by atoms with Crippen LogP contribution in [-0.2, 0) is 16.0 Å². The first kappa shape index (κ1) is 13.2. The predicted octanol–water partition coefficient (Wildman–Crippen LogP) is 3.01. The molecule has 0 N–H and O–H groups in total. The molecule has 0 bridgehead atoms. The number of fused-ring (bicyclic) bond motifs is 1. The number of aromatic nitrogens is 2. The molecule has 1 heterocycles. The molecule has 0 spiro atoms. The lowest BCUT2D eigenvalue weighted by Crippen LogP contribution is -2.08. The first-order valence-corrected chi connectivity index (χ1v) is 6.66. The SMILES string of the molecule is COC(=O)Cc1c(-c2ccccc2)nnc2ccccc12. The molecule has 21 heavy (non-hydrogen) atoms. The number of hydrogen-bond acceptors (Lipinski definition) is 4. The largest absolute Gasteiger partial charge is 0.469 e. The maximum atomic E-state index is 11.7. The number of esters is 1. The molecule has 0 saturated heterocycles. The highest BCUT2D eigenvalue weighted by Gasteiger charge is 2.15. The third kappa shape index (κ3) is 2.60. The van der Waals surface area contributed by atoms with Crippen molar-refractivity contribution in [3.8, 4) is 11.3 Å². The van der Waals surface area contributed by atoms with Gasteiger partial charge in [-0.05, 0) is 6.07 Å². The maximum Gasteiger partial charge on any atom is 0.310 e. The van der Waals surface area contributed by atoms with Gasteiger partial charge in [-0.1, -0.05) is 48.5 Å². The van der Waals surface area contributed by atoms with Gasteiger partial charge in [0.2, 0.25) is 0 Å². The second kappa shape index (κ2) is 5.71. The van der Waals surface area contributed by atoms with Crippen LogP contribution in [0.15, 0.2) is 54.6 Å². The molecule has 0 aliphatic carbocycles. The summed E-state index contributed by atoms with van der Waals surface area (Å²) in [7, 11) is 1.39. The van der Waals surface area contributed by atoms with Crippen LogP contribution in [0.4, 0.5) is 0 Å². The van der Waals surface area contributed by atoms with Gasteiger partial charge < -0.3 is 4.74 Å². The van der Waals surface area contributed by atoms with Crippen LogP contribution < -0.4 is 0 Å².